The number of amides is 1. The molecule has 1 saturated heterocycles. The molecule has 188 valence electrons. The highest BCUT2D eigenvalue weighted by molar-refractivity contribution is 7.22. The average molecular weight is 517 g/mol. The van der Waals surface area contributed by atoms with Crippen molar-refractivity contribution in [3.63, 3.8) is 0 Å². The second-order valence-corrected chi connectivity index (χ2v) is 9.77. The van der Waals surface area contributed by atoms with Crippen LogP contribution in [0, 0.1) is 13.8 Å². The molecule has 1 atom stereocenters. The number of thiazole rings is 1. The summed E-state index contributed by atoms with van der Waals surface area (Å²) in [6.07, 6.45) is 0. The molecular formula is C28H24N2O6S. The first kappa shape index (κ1) is 24.3. The summed E-state index contributed by atoms with van der Waals surface area (Å²) < 4.78 is 11.4. The predicted octanol–water partition coefficient (Wildman–Crippen LogP) is 5.26. The van der Waals surface area contributed by atoms with Crippen molar-refractivity contribution in [3.8, 4) is 17.2 Å². The number of ether oxygens (including phenoxy) is 2. The van der Waals surface area contributed by atoms with Gasteiger partial charge in [-0.25, -0.2) is 4.98 Å². The first-order valence-electron chi connectivity index (χ1n) is 11.4. The standard InChI is InChI=1S/C28H24N2O6S/c1-14-10-15(2)23-21(11-14)37-28(29-23)30-24(16-8-9-19(31)20(13-16)36-4)22(26(33)27(30)34)25(32)17-6-5-7-18(12-17)35-3/h5-13,24,31-32H,1-4H3. The lowest BCUT2D eigenvalue weighted by Gasteiger charge is -2.23. The molecule has 1 amide bonds. The van der Waals surface area contributed by atoms with Crippen molar-refractivity contribution in [2.24, 2.45) is 0 Å². The molecule has 0 spiro atoms. The molecule has 0 radical (unpaired) electrons. The number of rotatable bonds is 5. The Balaban J connectivity index is 1.76. The fourth-order valence-corrected chi connectivity index (χ4v) is 5.77. The number of fused-ring (bicyclic) bond motifs is 1. The number of aryl methyl sites for hydroxylation is 2. The molecule has 5 rings (SSSR count). The molecule has 0 saturated carbocycles. The molecule has 3 aromatic carbocycles. The van der Waals surface area contributed by atoms with Crippen LogP contribution in [0.25, 0.3) is 16.0 Å². The molecule has 37 heavy (non-hydrogen) atoms. The lowest BCUT2D eigenvalue weighted by Crippen LogP contribution is -2.29. The minimum absolute atomic E-state index is 0.0953. The molecule has 1 unspecified atom stereocenters. The number of Topliss-reactive ketones (excluding diaryl/α,β-unsaturated/α-hetero) is 1. The summed E-state index contributed by atoms with van der Waals surface area (Å²) in [5.41, 5.74) is 3.43. The maximum atomic E-state index is 13.5. The van der Waals surface area contributed by atoms with Gasteiger partial charge in [0.25, 0.3) is 5.78 Å². The number of benzene rings is 3. The van der Waals surface area contributed by atoms with Gasteiger partial charge in [0.2, 0.25) is 0 Å². The first-order chi connectivity index (χ1) is 17.7. The number of phenolic OH excluding ortho intramolecular Hbond substituents is 1. The highest BCUT2D eigenvalue weighted by Crippen LogP contribution is 2.46. The zero-order chi connectivity index (χ0) is 26.4. The Bertz CT molecular complexity index is 1610. The number of methoxy groups -OCH3 is 2. The zero-order valence-electron chi connectivity index (χ0n) is 20.6. The van der Waals surface area contributed by atoms with Crippen molar-refractivity contribution in [2.45, 2.75) is 19.9 Å². The number of aromatic nitrogens is 1. The van der Waals surface area contributed by atoms with Crippen LogP contribution < -0.4 is 14.4 Å². The van der Waals surface area contributed by atoms with Crippen molar-refractivity contribution >= 4 is 44.1 Å². The highest BCUT2D eigenvalue weighted by atomic mass is 32.1. The molecule has 9 heteroatoms. The van der Waals surface area contributed by atoms with Crippen LogP contribution >= 0.6 is 11.3 Å². The number of carbonyl (C=O) groups excluding carboxylic acids is 2. The second-order valence-electron chi connectivity index (χ2n) is 8.76. The molecule has 1 aromatic heterocycles. The van der Waals surface area contributed by atoms with Crippen molar-refractivity contribution in [1.29, 1.82) is 0 Å². The Labute approximate surface area is 217 Å². The van der Waals surface area contributed by atoms with E-state index in [9.17, 15) is 19.8 Å². The number of ketones is 1. The van der Waals surface area contributed by atoms with Crippen LogP contribution in [-0.4, -0.2) is 41.1 Å². The number of aromatic hydroxyl groups is 1. The van der Waals surface area contributed by atoms with Crippen molar-refractivity contribution in [2.75, 3.05) is 19.1 Å². The number of anilines is 1. The molecule has 8 nitrogen and oxygen atoms in total. The maximum Gasteiger partial charge on any atom is 0.301 e. The van der Waals surface area contributed by atoms with Gasteiger partial charge in [0.05, 0.1) is 36.1 Å². The SMILES string of the molecule is COc1cccc(C(O)=C2C(=O)C(=O)N(c3nc4c(C)cc(C)cc4s3)C2c2ccc(O)c(OC)c2)c1. The minimum Gasteiger partial charge on any atom is -0.507 e. The van der Waals surface area contributed by atoms with E-state index in [1.165, 1.54) is 36.5 Å². The molecule has 0 aliphatic carbocycles. The number of hydrogen-bond donors (Lipinski definition) is 2. The zero-order valence-corrected chi connectivity index (χ0v) is 21.4. The van der Waals surface area contributed by atoms with Gasteiger partial charge in [0.15, 0.2) is 16.6 Å². The molecule has 4 aromatic rings. The minimum atomic E-state index is -1.01. The quantitative estimate of drug-likeness (QED) is 0.211. The van der Waals surface area contributed by atoms with Crippen LogP contribution in [0.1, 0.15) is 28.3 Å². The molecule has 2 heterocycles. The Morgan fingerprint density at radius 2 is 1.81 bits per heavy atom. The van der Waals surface area contributed by atoms with E-state index in [0.717, 1.165) is 21.3 Å². The van der Waals surface area contributed by atoms with Gasteiger partial charge in [-0.15, -0.1) is 0 Å². The molecule has 1 fully saturated rings. The Hall–Kier alpha value is -4.37. The summed E-state index contributed by atoms with van der Waals surface area (Å²) in [5.74, 6) is -1.44. The van der Waals surface area contributed by atoms with Gasteiger partial charge >= 0.3 is 5.91 Å². The Kier molecular flexibility index (Phi) is 6.08. The van der Waals surface area contributed by atoms with Gasteiger partial charge in [-0.2, -0.15) is 0 Å². The fraction of sp³-hybridized carbons (Fsp3) is 0.179. The summed E-state index contributed by atoms with van der Waals surface area (Å²) in [7, 11) is 2.91. The van der Waals surface area contributed by atoms with E-state index in [0.29, 0.717) is 22.0 Å². The van der Waals surface area contributed by atoms with Crippen molar-refractivity contribution in [1.82, 2.24) is 4.98 Å². The van der Waals surface area contributed by atoms with Crippen LogP contribution in [0.5, 0.6) is 17.2 Å². The summed E-state index contributed by atoms with van der Waals surface area (Å²) >= 11 is 1.29. The van der Waals surface area contributed by atoms with Gasteiger partial charge in [-0.1, -0.05) is 35.6 Å². The number of phenols is 1. The van der Waals surface area contributed by atoms with E-state index in [2.05, 4.69) is 0 Å². The van der Waals surface area contributed by atoms with Crippen molar-refractivity contribution < 1.29 is 29.3 Å². The normalized spacial score (nSPS) is 17.0. The lowest BCUT2D eigenvalue weighted by molar-refractivity contribution is -0.132. The topological polar surface area (TPSA) is 109 Å². The highest BCUT2D eigenvalue weighted by Gasteiger charge is 2.48. The number of nitrogens with zero attached hydrogens (tertiary/aromatic N) is 2. The van der Waals surface area contributed by atoms with E-state index < -0.39 is 17.7 Å². The molecular weight excluding hydrogens is 492 g/mol. The lowest BCUT2D eigenvalue weighted by atomic mass is 9.95. The van der Waals surface area contributed by atoms with E-state index in [1.54, 1.807) is 36.4 Å². The Morgan fingerprint density at radius 1 is 1.03 bits per heavy atom. The van der Waals surface area contributed by atoms with Gasteiger partial charge < -0.3 is 19.7 Å². The van der Waals surface area contributed by atoms with Crippen LogP contribution in [0.4, 0.5) is 5.13 Å². The van der Waals surface area contributed by atoms with Crippen LogP contribution in [0.2, 0.25) is 0 Å². The summed E-state index contributed by atoms with van der Waals surface area (Å²) in [4.78, 5) is 33.0. The third-order valence-corrected chi connectivity index (χ3v) is 7.33. The van der Waals surface area contributed by atoms with E-state index in [1.807, 2.05) is 26.0 Å². The summed E-state index contributed by atoms with van der Waals surface area (Å²) in [6.45, 7) is 3.92. The van der Waals surface area contributed by atoms with Crippen molar-refractivity contribution in [3.05, 3.63) is 82.4 Å². The van der Waals surface area contributed by atoms with Gasteiger partial charge in [0.1, 0.15) is 11.5 Å². The summed E-state index contributed by atoms with van der Waals surface area (Å²) in [5, 5.41) is 21.8. The number of aliphatic hydroxyl groups excluding tert-OH is 1. The molecule has 0 bridgehead atoms. The van der Waals surface area contributed by atoms with E-state index >= 15 is 0 Å². The largest absolute Gasteiger partial charge is 0.507 e. The van der Waals surface area contributed by atoms with E-state index in [4.69, 9.17) is 14.5 Å². The van der Waals surface area contributed by atoms with Gasteiger partial charge in [-0.05, 0) is 60.9 Å². The third-order valence-electron chi connectivity index (χ3n) is 6.33. The summed E-state index contributed by atoms with van der Waals surface area (Å²) in [6, 6.07) is 14.1. The maximum absolute atomic E-state index is 13.5. The van der Waals surface area contributed by atoms with Gasteiger partial charge in [0, 0.05) is 5.56 Å². The fourth-order valence-electron chi connectivity index (χ4n) is 4.60. The van der Waals surface area contributed by atoms with Gasteiger partial charge in [-0.3, -0.25) is 14.5 Å². The molecule has 1 aliphatic heterocycles. The van der Waals surface area contributed by atoms with Crippen LogP contribution in [0.15, 0.2) is 60.2 Å². The average Bonchev–Trinajstić information content (AvgIpc) is 3.42. The second kappa shape index (κ2) is 9.25. The first-order valence-corrected chi connectivity index (χ1v) is 12.2. The van der Waals surface area contributed by atoms with E-state index in [-0.39, 0.29) is 22.8 Å². The predicted molar refractivity (Wildman–Crippen MR) is 142 cm³/mol. The Morgan fingerprint density at radius 3 is 2.54 bits per heavy atom. The number of carbonyl (C=O) groups is 2. The monoisotopic (exact) mass is 516 g/mol. The molecule has 1 aliphatic rings. The van der Waals surface area contributed by atoms with Crippen LogP contribution in [0.3, 0.4) is 0 Å². The number of aliphatic hydroxyl groups is 1. The smallest absolute Gasteiger partial charge is 0.301 e. The molecule has 2 N–H and O–H groups in total. The van der Waals surface area contributed by atoms with Crippen LogP contribution in [-0.2, 0) is 9.59 Å². The third kappa shape index (κ3) is 4.07. The number of hydrogen-bond acceptors (Lipinski definition) is 8.